The van der Waals surface area contributed by atoms with Crippen LogP contribution in [-0.2, 0) is 41.7 Å². The first-order valence-electron chi connectivity index (χ1n) is 17.1. The fourth-order valence-corrected chi connectivity index (χ4v) is 36.2. The Kier molecular flexibility index (Phi) is 8.44. The molecule has 0 saturated carbocycles. The third-order valence-electron chi connectivity index (χ3n) is 10.8. The van der Waals surface area contributed by atoms with Crippen LogP contribution in [0.1, 0.15) is 98.9 Å². The molecule has 0 fully saturated rings. The molecule has 0 radical (unpaired) electrons. The Morgan fingerprint density at radius 3 is 2.13 bits per heavy atom. The first kappa shape index (κ1) is 32.5. The maximum atomic E-state index is 2.80. The van der Waals surface area contributed by atoms with Gasteiger partial charge in [-0.3, -0.25) is 0 Å². The summed E-state index contributed by atoms with van der Waals surface area (Å²) in [6, 6.07) is 28.7. The molecule has 2 aliphatic carbocycles. The standard InChI is InChI=1S/C21H25.C15H16S.C5H5.2CH3.Hf/c1-20(2,3)16-7-9-18-14(12-16)11-15-13-17(21(4,5)6)8-10-19(15)18;1-2-3-9-14-10-11-15(16-14)12-13-7-5-4-6-8-13;1-2-4-5-3-1;;;/h7-10,12H,11H2,1-6H3;4-8,10-11H,2-3,9H2,1H3;1-5H;2*1H3;. The van der Waals surface area contributed by atoms with Crippen LogP contribution >= 0.6 is 11.3 Å². The zero-order valence-electron chi connectivity index (χ0n) is 29.1. The molecule has 0 saturated heterocycles. The van der Waals surface area contributed by atoms with E-state index in [9.17, 15) is 0 Å². The third-order valence-corrected chi connectivity index (χ3v) is 36.3. The normalized spacial score (nSPS) is 15.1. The van der Waals surface area contributed by atoms with Crippen LogP contribution in [0.15, 0.2) is 97.1 Å². The Morgan fingerprint density at radius 1 is 0.800 bits per heavy atom. The molecule has 4 aromatic rings. The fraction of sp³-hybridized carbons (Fsp3) is 0.372. The summed E-state index contributed by atoms with van der Waals surface area (Å²) in [5.74, 6) is 0. The number of thiophene rings is 1. The number of allylic oxidation sites excluding steroid dienone is 4. The molecule has 1 heterocycles. The van der Waals surface area contributed by atoms with Crippen molar-refractivity contribution < 1.29 is 18.0 Å². The molecule has 0 bridgehead atoms. The van der Waals surface area contributed by atoms with Gasteiger partial charge in [-0.25, -0.2) is 0 Å². The second kappa shape index (κ2) is 11.7. The number of aryl methyl sites for hydroxylation is 1. The molecular formula is C43H52HfS. The minimum absolute atomic E-state index is 0.0227. The van der Waals surface area contributed by atoms with E-state index < -0.39 is 18.0 Å². The molecule has 1 aromatic heterocycles. The molecule has 2 heteroatoms. The van der Waals surface area contributed by atoms with Crippen molar-refractivity contribution in [3.63, 3.8) is 0 Å². The Bertz CT molecular complexity index is 1860. The van der Waals surface area contributed by atoms with E-state index >= 15 is 0 Å². The first-order chi connectivity index (χ1) is 21.2. The molecule has 6 rings (SSSR count). The molecule has 0 aliphatic heterocycles. The summed E-state index contributed by atoms with van der Waals surface area (Å²) in [4.78, 5) is 3.01. The number of benzene rings is 3. The van der Waals surface area contributed by atoms with E-state index in [1.807, 2.05) is 0 Å². The van der Waals surface area contributed by atoms with Gasteiger partial charge in [-0.2, -0.15) is 0 Å². The molecule has 0 nitrogen and oxygen atoms in total. The summed E-state index contributed by atoms with van der Waals surface area (Å²) in [6.07, 6.45) is 14.4. The Hall–Kier alpha value is -2.42. The number of rotatable bonds is 7. The van der Waals surface area contributed by atoms with Gasteiger partial charge >= 0.3 is 280 Å². The van der Waals surface area contributed by atoms with Gasteiger partial charge in [0.15, 0.2) is 0 Å². The zero-order valence-corrected chi connectivity index (χ0v) is 33.5. The van der Waals surface area contributed by atoms with Crippen molar-refractivity contribution in [3.05, 3.63) is 135 Å². The summed E-state index contributed by atoms with van der Waals surface area (Å²) >= 11 is -2.43. The summed E-state index contributed by atoms with van der Waals surface area (Å²) in [5, 5.41) is 0. The Labute approximate surface area is 277 Å². The predicted molar refractivity (Wildman–Crippen MR) is 198 cm³/mol. The van der Waals surface area contributed by atoms with Crippen molar-refractivity contribution in [2.45, 2.75) is 98.0 Å². The van der Waals surface area contributed by atoms with E-state index in [1.54, 1.807) is 17.7 Å². The molecule has 45 heavy (non-hydrogen) atoms. The van der Waals surface area contributed by atoms with Crippen molar-refractivity contribution in [1.29, 1.82) is 0 Å². The molecular weight excluding hydrogens is 727 g/mol. The summed E-state index contributed by atoms with van der Waals surface area (Å²) in [5.41, 5.74) is 10.6. The van der Waals surface area contributed by atoms with Crippen molar-refractivity contribution in [3.8, 4) is 11.1 Å². The quantitative estimate of drug-likeness (QED) is 0.144. The van der Waals surface area contributed by atoms with Gasteiger partial charge in [-0.05, 0) is 0 Å². The van der Waals surface area contributed by atoms with E-state index in [4.69, 9.17) is 0 Å². The van der Waals surface area contributed by atoms with Crippen LogP contribution in [0.2, 0.25) is 13.0 Å². The van der Waals surface area contributed by atoms with Crippen LogP contribution in [0.25, 0.3) is 11.1 Å². The Balaban J connectivity index is 1.77. The van der Waals surface area contributed by atoms with E-state index in [2.05, 4.69) is 166 Å². The van der Waals surface area contributed by atoms with Gasteiger partial charge in [0.25, 0.3) is 0 Å². The van der Waals surface area contributed by atoms with E-state index in [0.29, 0.717) is 3.67 Å². The zero-order chi connectivity index (χ0) is 32.2. The number of fused-ring (bicyclic) bond motifs is 3. The van der Waals surface area contributed by atoms with Crippen molar-refractivity contribution >= 4 is 17.9 Å². The first-order valence-corrected chi connectivity index (χ1v) is 30.8. The topological polar surface area (TPSA) is 0 Å². The molecule has 3 aromatic carbocycles. The van der Waals surface area contributed by atoms with Gasteiger partial charge in [0.1, 0.15) is 0 Å². The monoisotopic (exact) mass is 780 g/mol. The molecule has 0 unspecified atom stereocenters. The van der Waals surface area contributed by atoms with Crippen LogP contribution < -0.4 is 3.32 Å². The van der Waals surface area contributed by atoms with Gasteiger partial charge in [0, 0.05) is 0 Å². The van der Waals surface area contributed by atoms with Crippen molar-refractivity contribution in [1.82, 2.24) is 0 Å². The third kappa shape index (κ3) is 5.63. The van der Waals surface area contributed by atoms with E-state index in [-0.39, 0.29) is 10.8 Å². The number of hydrogen-bond donors (Lipinski definition) is 0. The van der Waals surface area contributed by atoms with Gasteiger partial charge in [0.05, 0.1) is 0 Å². The van der Waals surface area contributed by atoms with E-state index in [0.717, 1.165) is 6.42 Å². The Morgan fingerprint density at radius 2 is 1.49 bits per heavy atom. The van der Waals surface area contributed by atoms with Crippen LogP contribution in [0, 0.1) is 0 Å². The molecule has 234 valence electrons. The molecule has 0 N–H and O–H groups in total. The van der Waals surface area contributed by atoms with Crippen LogP contribution in [0.3, 0.4) is 0 Å². The number of hydrogen-bond acceptors (Lipinski definition) is 1. The summed E-state index contributed by atoms with van der Waals surface area (Å²) in [7, 11) is 0. The number of unbranched alkanes of at least 4 members (excludes halogenated alkanes) is 1. The SMILES string of the molecule is CCCCc1ccc([C](c2ccccc2)=[Hf]([CH3])([CH3])([c]2c(C(C)(C)C)ccc3c2Cc2cc(C(C)(C)C)ccc2-3)[CH]2C=CC=C2)s1. The van der Waals surface area contributed by atoms with Crippen LogP contribution in [0.5, 0.6) is 0 Å². The fourth-order valence-electron chi connectivity index (χ4n) is 8.28. The van der Waals surface area contributed by atoms with Crippen molar-refractivity contribution in [2.75, 3.05) is 0 Å². The predicted octanol–water partition coefficient (Wildman–Crippen LogP) is 11.9. The molecule has 2 aliphatic rings. The van der Waals surface area contributed by atoms with Gasteiger partial charge in [-0.1, -0.05) is 0 Å². The van der Waals surface area contributed by atoms with Gasteiger partial charge in [-0.15, -0.1) is 0 Å². The summed E-state index contributed by atoms with van der Waals surface area (Å²) < 4.78 is 9.40. The average molecular weight is 779 g/mol. The van der Waals surface area contributed by atoms with E-state index in [1.165, 1.54) is 56.8 Å². The minimum atomic E-state index is -4.50. The van der Waals surface area contributed by atoms with Crippen LogP contribution in [0.4, 0.5) is 0 Å². The second-order valence-electron chi connectivity index (χ2n) is 16.5. The summed E-state index contributed by atoms with van der Waals surface area (Å²) in [6.45, 7) is 16.6. The van der Waals surface area contributed by atoms with Gasteiger partial charge in [0.2, 0.25) is 0 Å². The van der Waals surface area contributed by atoms with Crippen molar-refractivity contribution in [2.24, 2.45) is 0 Å². The molecule has 0 spiro atoms. The molecule has 0 atom stereocenters. The molecule has 0 amide bonds. The van der Waals surface area contributed by atoms with Crippen LogP contribution in [-0.4, -0.2) is 3.26 Å². The maximum absolute atomic E-state index is 4.50. The van der Waals surface area contributed by atoms with Gasteiger partial charge < -0.3 is 0 Å². The second-order valence-corrected chi connectivity index (χ2v) is 41.5. The average Bonchev–Trinajstić information content (AvgIpc) is 3.76.